The Bertz CT molecular complexity index is 367. The molecule has 1 atom stereocenters. The van der Waals surface area contributed by atoms with Gasteiger partial charge in [0.25, 0.3) is 0 Å². The molecule has 0 amide bonds. The molecule has 0 spiro atoms. The van der Waals surface area contributed by atoms with Gasteiger partial charge in [-0.15, -0.1) is 0 Å². The van der Waals surface area contributed by atoms with Crippen molar-refractivity contribution in [3.63, 3.8) is 0 Å². The van der Waals surface area contributed by atoms with Gasteiger partial charge in [-0.25, -0.2) is 4.98 Å². The summed E-state index contributed by atoms with van der Waals surface area (Å²) >= 11 is 1.62. The zero-order valence-corrected chi connectivity index (χ0v) is 10.0. The van der Waals surface area contributed by atoms with Crippen molar-refractivity contribution in [2.75, 3.05) is 12.8 Å². The van der Waals surface area contributed by atoms with Crippen LogP contribution < -0.4 is 5.73 Å². The number of thioether (sulfide) groups is 1. The van der Waals surface area contributed by atoms with E-state index in [2.05, 4.69) is 16.9 Å². The topological polar surface area (TPSA) is 56.2 Å². The lowest BCUT2D eigenvalue weighted by Gasteiger charge is -2.11. The summed E-state index contributed by atoms with van der Waals surface area (Å²) in [5, 5.41) is 0.240. The third-order valence-electron chi connectivity index (χ3n) is 1.85. The smallest absolute Gasteiger partial charge is 0.142 e. The Labute approximate surface area is 94.3 Å². The van der Waals surface area contributed by atoms with E-state index in [4.69, 9.17) is 5.73 Å². The fourth-order valence-electron chi connectivity index (χ4n) is 1.21. The average molecular weight is 224 g/mol. The molecule has 1 rings (SSSR count). The zero-order valence-electron chi connectivity index (χ0n) is 9.21. The van der Waals surface area contributed by atoms with E-state index in [0.717, 1.165) is 5.82 Å². The van der Waals surface area contributed by atoms with Crippen molar-refractivity contribution >= 4 is 29.2 Å². The lowest BCUT2D eigenvalue weighted by atomic mass is 10.5. The van der Waals surface area contributed by atoms with Crippen molar-refractivity contribution in [3.05, 3.63) is 18.1 Å². The molecule has 0 radical (unpaired) electrons. The van der Waals surface area contributed by atoms with Gasteiger partial charge in [0.15, 0.2) is 0 Å². The summed E-state index contributed by atoms with van der Waals surface area (Å²) in [5.74, 6) is 1.42. The first-order valence-corrected chi connectivity index (χ1v) is 5.66. The van der Waals surface area contributed by atoms with E-state index < -0.39 is 0 Å². The van der Waals surface area contributed by atoms with Crippen LogP contribution >= 0.6 is 11.8 Å². The first-order valence-electron chi connectivity index (χ1n) is 4.72. The lowest BCUT2D eigenvalue weighted by molar-refractivity contribution is 0.734. The molecule has 4 nitrogen and oxygen atoms in total. The second-order valence-electron chi connectivity index (χ2n) is 3.03. The van der Waals surface area contributed by atoms with Crippen LogP contribution in [0.4, 0.5) is 5.82 Å². The van der Waals surface area contributed by atoms with Crippen molar-refractivity contribution in [2.24, 2.45) is 4.99 Å². The molecule has 0 aliphatic carbocycles. The third kappa shape index (κ3) is 3.13. The fourth-order valence-corrected chi connectivity index (χ4v) is 1.80. The molecule has 0 fully saturated rings. The maximum atomic E-state index is 5.67. The standard InChI is InChI=1S/C10H16N4S/c1-4-5-10-13-9(11)6-14(10)8(2)15-7-12-3/h4-8H,11H2,1-3H3/b5-4-,12-7-. The van der Waals surface area contributed by atoms with Gasteiger partial charge in [0.1, 0.15) is 11.6 Å². The SMILES string of the molecule is C/C=C\c1nc(N)cn1C(C)S/C=N\C. The number of rotatable bonds is 4. The number of allylic oxidation sites excluding steroid dienone is 1. The first kappa shape index (κ1) is 11.8. The van der Waals surface area contributed by atoms with Crippen LogP contribution in [0.15, 0.2) is 17.3 Å². The summed E-state index contributed by atoms with van der Waals surface area (Å²) in [6, 6.07) is 0. The maximum Gasteiger partial charge on any atom is 0.142 e. The summed E-state index contributed by atoms with van der Waals surface area (Å²) in [4.78, 5) is 8.16. The Morgan fingerprint density at radius 2 is 2.40 bits per heavy atom. The Kier molecular flexibility index (Phi) is 4.42. The van der Waals surface area contributed by atoms with Crippen molar-refractivity contribution < 1.29 is 0 Å². The minimum Gasteiger partial charge on any atom is -0.382 e. The molecule has 0 bridgehead atoms. The molecule has 1 unspecified atom stereocenters. The van der Waals surface area contributed by atoms with Crippen molar-refractivity contribution in [2.45, 2.75) is 19.2 Å². The fraction of sp³-hybridized carbons (Fsp3) is 0.400. The lowest BCUT2D eigenvalue weighted by Crippen LogP contribution is -2.02. The predicted octanol–water partition coefficient (Wildman–Crippen LogP) is 2.41. The Morgan fingerprint density at radius 3 is 3.00 bits per heavy atom. The average Bonchev–Trinajstić information content (AvgIpc) is 2.57. The second-order valence-corrected chi connectivity index (χ2v) is 4.20. The molecule has 0 aliphatic rings. The van der Waals surface area contributed by atoms with Crippen LogP contribution in [0.5, 0.6) is 0 Å². The van der Waals surface area contributed by atoms with Gasteiger partial charge in [-0.05, 0) is 19.9 Å². The Hall–Kier alpha value is -1.23. The molecule has 0 saturated carbocycles. The van der Waals surface area contributed by atoms with Gasteiger partial charge in [-0.2, -0.15) is 0 Å². The molecule has 0 aromatic carbocycles. The number of aliphatic imine (C=N–C) groups is 1. The van der Waals surface area contributed by atoms with Crippen LogP contribution in [-0.2, 0) is 0 Å². The largest absolute Gasteiger partial charge is 0.382 e. The van der Waals surface area contributed by atoms with E-state index in [-0.39, 0.29) is 5.37 Å². The number of nitrogens with zero attached hydrogens (tertiary/aromatic N) is 3. The van der Waals surface area contributed by atoms with Crippen molar-refractivity contribution in [1.29, 1.82) is 0 Å². The van der Waals surface area contributed by atoms with Crippen LogP contribution in [0.1, 0.15) is 25.0 Å². The quantitative estimate of drug-likeness (QED) is 0.631. The monoisotopic (exact) mass is 224 g/mol. The normalized spacial score (nSPS) is 14.1. The number of aromatic nitrogens is 2. The van der Waals surface area contributed by atoms with E-state index in [9.17, 15) is 0 Å². The molecule has 2 N–H and O–H groups in total. The van der Waals surface area contributed by atoms with Crippen LogP contribution in [0.2, 0.25) is 0 Å². The molecule has 1 aromatic heterocycles. The van der Waals surface area contributed by atoms with Crippen molar-refractivity contribution in [1.82, 2.24) is 9.55 Å². The molecule has 5 heteroatoms. The molecule has 0 saturated heterocycles. The molecule has 0 aliphatic heterocycles. The number of nitrogens with two attached hydrogens (primary N) is 1. The molecule has 82 valence electrons. The number of imidazole rings is 1. The minimum atomic E-state index is 0.240. The van der Waals surface area contributed by atoms with Gasteiger partial charge in [0, 0.05) is 13.2 Å². The molecule has 1 heterocycles. The van der Waals surface area contributed by atoms with E-state index >= 15 is 0 Å². The summed E-state index contributed by atoms with van der Waals surface area (Å²) in [6.07, 6.45) is 5.73. The van der Waals surface area contributed by atoms with E-state index in [1.54, 1.807) is 18.8 Å². The van der Waals surface area contributed by atoms with E-state index in [0.29, 0.717) is 5.82 Å². The van der Waals surface area contributed by atoms with Crippen molar-refractivity contribution in [3.8, 4) is 0 Å². The van der Waals surface area contributed by atoms with Crippen LogP contribution in [0.25, 0.3) is 6.08 Å². The second kappa shape index (κ2) is 5.60. The highest BCUT2D eigenvalue weighted by molar-refractivity contribution is 8.12. The summed E-state index contributed by atoms with van der Waals surface area (Å²) < 4.78 is 2.03. The van der Waals surface area contributed by atoms with Gasteiger partial charge in [-0.1, -0.05) is 17.8 Å². The van der Waals surface area contributed by atoms with Gasteiger partial charge < -0.3 is 10.3 Å². The molecular formula is C10H16N4S. The summed E-state index contributed by atoms with van der Waals surface area (Å²) in [7, 11) is 1.76. The highest BCUT2D eigenvalue weighted by Gasteiger charge is 2.09. The highest BCUT2D eigenvalue weighted by atomic mass is 32.2. The molecule has 1 aromatic rings. The van der Waals surface area contributed by atoms with Gasteiger partial charge in [0.05, 0.1) is 10.9 Å². The van der Waals surface area contributed by atoms with Gasteiger partial charge in [0.2, 0.25) is 0 Å². The zero-order chi connectivity index (χ0) is 11.3. The molecular weight excluding hydrogens is 208 g/mol. The third-order valence-corrected chi connectivity index (χ3v) is 2.80. The predicted molar refractivity (Wildman–Crippen MR) is 68.1 cm³/mol. The Morgan fingerprint density at radius 1 is 1.67 bits per heavy atom. The summed E-state index contributed by atoms with van der Waals surface area (Å²) in [5.41, 5.74) is 7.49. The molecule has 15 heavy (non-hydrogen) atoms. The summed E-state index contributed by atoms with van der Waals surface area (Å²) in [6.45, 7) is 4.04. The number of hydrogen-bond acceptors (Lipinski definition) is 4. The van der Waals surface area contributed by atoms with Gasteiger partial charge >= 0.3 is 0 Å². The van der Waals surface area contributed by atoms with E-state index in [1.165, 1.54) is 0 Å². The number of nitrogen functional groups attached to an aromatic ring is 1. The van der Waals surface area contributed by atoms with Crippen LogP contribution in [0, 0.1) is 0 Å². The minimum absolute atomic E-state index is 0.240. The van der Waals surface area contributed by atoms with Gasteiger partial charge in [-0.3, -0.25) is 4.99 Å². The number of hydrogen-bond donors (Lipinski definition) is 1. The number of anilines is 1. The van der Waals surface area contributed by atoms with Crippen LogP contribution in [-0.4, -0.2) is 22.1 Å². The van der Waals surface area contributed by atoms with Crippen LogP contribution in [0.3, 0.4) is 0 Å². The maximum absolute atomic E-state index is 5.67. The first-order chi connectivity index (χ1) is 7.19. The van der Waals surface area contributed by atoms with E-state index in [1.807, 2.05) is 35.4 Å². The Balaban J connectivity index is 2.91. The highest BCUT2D eigenvalue weighted by Crippen LogP contribution is 2.23.